The number of nitrogens with two attached hydrogens (primary N) is 1. The number of alkyl halides is 10. The van der Waals surface area contributed by atoms with Gasteiger partial charge in [0.2, 0.25) is 0 Å². The molecule has 0 aliphatic rings. The molecule has 0 heterocycles. The Morgan fingerprint density at radius 1 is 0.789 bits per heavy atom. The van der Waals surface area contributed by atoms with Crippen molar-refractivity contribution in [2.45, 2.75) is 43.1 Å². The summed E-state index contributed by atoms with van der Waals surface area (Å²) in [6.45, 7) is 0. The first kappa shape index (κ1) is 20.9. The van der Waals surface area contributed by atoms with E-state index in [-0.39, 0.29) is 12.4 Å². The molecule has 1 nitrogen and oxygen atoms in total. The molecule has 0 amide bonds. The monoisotopic (exact) mass is 331 g/mol. The SMILES string of the molecule is Cl.N[C@H](CCC(F)(F)F)C(F)(F)C(F)(F)C(F)(F)F. The zero-order valence-electron chi connectivity index (χ0n) is 8.76. The summed E-state index contributed by atoms with van der Waals surface area (Å²) >= 11 is 0. The van der Waals surface area contributed by atoms with Crippen LogP contribution < -0.4 is 5.73 Å². The first-order valence-corrected chi connectivity index (χ1v) is 4.27. The van der Waals surface area contributed by atoms with Crippen LogP contribution in [-0.4, -0.2) is 30.2 Å². The number of hydrogen-bond acceptors (Lipinski definition) is 1. The fraction of sp³-hybridized carbons (Fsp3) is 1.00. The highest BCUT2D eigenvalue weighted by Crippen LogP contribution is 2.48. The summed E-state index contributed by atoms with van der Waals surface area (Å²) in [6.07, 6.45) is -15.3. The average Bonchev–Trinajstić information content (AvgIpc) is 2.10. The van der Waals surface area contributed by atoms with E-state index in [0.29, 0.717) is 0 Å². The molecular formula is C7H8ClF10N. The Morgan fingerprint density at radius 3 is 1.42 bits per heavy atom. The van der Waals surface area contributed by atoms with Crippen molar-refractivity contribution < 1.29 is 43.9 Å². The van der Waals surface area contributed by atoms with Gasteiger partial charge < -0.3 is 5.73 Å². The smallest absolute Gasteiger partial charge is 0.322 e. The van der Waals surface area contributed by atoms with Crippen LogP contribution in [0.25, 0.3) is 0 Å². The molecule has 0 fully saturated rings. The van der Waals surface area contributed by atoms with Crippen LogP contribution in [0, 0.1) is 0 Å². The van der Waals surface area contributed by atoms with Gasteiger partial charge in [-0.2, -0.15) is 43.9 Å². The second-order valence-electron chi connectivity index (χ2n) is 3.46. The van der Waals surface area contributed by atoms with E-state index >= 15 is 0 Å². The highest BCUT2D eigenvalue weighted by Gasteiger charge is 2.74. The van der Waals surface area contributed by atoms with Gasteiger partial charge in [0.15, 0.2) is 0 Å². The molecule has 0 saturated carbocycles. The zero-order valence-corrected chi connectivity index (χ0v) is 9.57. The third-order valence-electron chi connectivity index (χ3n) is 1.98. The topological polar surface area (TPSA) is 26.0 Å². The van der Waals surface area contributed by atoms with Gasteiger partial charge in [0.1, 0.15) is 0 Å². The maximum absolute atomic E-state index is 12.7. The Balaban J connectivity index is 0. The van der Waals surface area contributed by atoms with Crippen LogP contribution in [0.5, 0.6) is 0 Å². The minimum atomic E-state index is -6.60. The lowest BCUT2D eigenvalue weighted by molar-refractivity contribution is -0.359. The fourth-order valence-electron chi connectivity index (χ4n) is 0.922. The van der Waals surface area contributed by atoms with Gasteiger partial charge in [-0.1, -0.05) is 0 Å². The third-order valence-corrected chi connectivity index (χ3v) is 1.98. The Kier molecular flexibility index (Phi) is 6.47. The molecule has 0 aliphatic heterocycles. The van der Waals surface area contributed by atoms with E-state index in [0.717, 1.165) is 0 Å². The van der Waals surface area contributed by atoms with Gasteiger partial charge in [-0.3, -0.25) is 0 Å². The van der Waals surface area contributed by atoms with Crippen LogP contribution in [0.1, 0.15) is 12.8 Å². The van der Waals surface area contributed by atoms with Gasteiger partial charge in [0, 0.05) is 6.42 Å². The zero-order chi connectivity index (χ0) is 15.0. The Hall–Kier alpha value is -0.450. The van der Waals surface area contributed by atoms with Crippen LogP contribution in [0.2, 0.25) is 0 Å². The molecule has 0 bridgehead atoms. The molecule has 12 heteroatoms. The van der Waals surface area contributed by atoms with Gasteiger partial charge in [-0.05, 0) is 6.42 Å². The lowest BCUT2D eigenvalue weighted by Crippen LogP contribution is -2.60. The summed E-state index contributed by atoms with van der Waals surface area (Å²) in [5.74, 6) is -12.3. The molecule has 0 unspecified atom stereocenters. The summed E-state index contributed by atoms with van der Waals surface area (Å²) < 4.78 is 120. The van der Waals surface area contributed by atoms with Gasteiger partial charge in [-0.15, -0.1) is 12.4 Å². The number of halogens is 11. The molecule has 0 saturated heterocycles. The first-order valence-electron chi connectivity index (χ1n) is 4.27. The lowest BCUT2D eigenvalue weighted by atomic mass is 9.99. The van der Waals surface area contributed by atoms with E-state index in [1.807, 2.05) is 0 Å². The van der Waals surface area contributed by atoms with E-state index in [9.17, 15) is 43.9 Å². The number of hydrogen-bond donors (Lipinski definition) is 1. The molecule has 1 atom stereocenters. The van der Waals surface area contributed by atoms with Crippen molar-refractivity contribution in [2.24, 2.45) is 5.73 Å². The van der Waals surface area contributed by atoms with Crippen molar-refractivity contribution in [3.63, 3.8) is 0 Å². The van der Waals surface area contributed by atoms with E-state index < -0.39 is 43.1 Å². The Labute approximate surface area is 106 Å². The lowest BCUT2D eigenvalue weighted by Gasteiger charge is -2.32. The van der Waals surface area contributed by atoms with Crippen LogP contribution in [0.15, 0.2) is 0 Å². The normalized spacial score (nSPS) is 15.9. The van der Waals surface area contributed by atoms with Crippen LogP contribution in [0.3, 0.4) is 0 Å². The molecule has 0 aromatic heterocycles. The van der Waals surface area contributed by atoms with Crippen molar-refractivity contribution in [3.8, 4) is 0 Å². The van der Waals surface area contributed by atoms with Gasteiger partial charge in [0.25, 0.3) is 0 Å². The summed E-state index contributed by atoms with van der Waals surface area (Å²) in [7, 11) is 0. The Morgan fingerprint density at radius 2 is 1.16 bits per heavy atom. The third kappa shape index (κ3) is 4.86. The fourth-order valence-corrected chi connectivity index (χ4v) is 0.922. The van der Waals surface area contributed by atoms with E-state index in [2.05, 4.69) is 5.73 Å². The highest BCUT2D eigenvalue weighted by atomic mass is 35.5. The molecule has 0 aromatic carbocycles. The molecule has 2 N–H and O–H groups in total. The summed E-state index contributed by atoms with van der Waals surface area (Å²) in [4.78, 5) is 0. The van der Waals surface area contributed by atoms with Crippen molar-refractivity contribution >= 4 is 12.4 Å². The maximum Gasteiger partial charge on any atom is 0.459 e. The quantitative estimate of drug-likeness (QED) is 0.777. The molecule has 19 heavy (non-hydrogen) atoms. The van der Waals surface area contributed by atoms with E-state index in [1.54, 1.807) is 0 Å². The van der Waals surface area contributed by atoms with Gasteiger partial charge >= 0.3 is 24.2 Å². The van der Waals surface area contributed by atoms with Crippen LogP contribution >= 0.6 is 12.4 Å². The first-order chi connectivity index (χ1) is 7.63. The second kappa shape index (κ2) is 5.90. The summed E-state index contributed by atoms with van der Waals surface area (Å²) in [6, 6.07) is -3.27. The van der Waals surface area contributed by atoms with Gasteiger partial charge in [-0.25, -0.2) is 0 Å². The molecule has 0 radical (unpaired) electrons. The van der Waals surface area contributed by atoms with Crippen LogP contribution in [0.4, 0.5) is 43.9 Å². The minimum absolute atomic E-state index is 0. The molecule has 0 aliphatic carbocycles. The summed E-state index contributed by atoms with van der Waals surface area (Å²) in [5.41, 5.74) is 4.31. The van der Waals surface area contributed by atoms with Crippen molar-refractivity contribution in [3.05, 3.63) is 0 Å². The van der Waals surface area contributed by atoms with E-state index in [4.69, 9.17) is 0 Å². The molecule has 118 valence electrons. The largest absolute Gasteiger partial charge is 0.459 e. The average molecular weight is 332 g/mol. The maximum atomic E-state index is 12.7. The standard InChI is InChI=1S/C7H7F10N.ClH/c8-4(9,10)2-1-3(18)5(11,12)6(13,14)7(15,16)17;/h3H,1-2,18H2;1H/t3-;/m1./s1. The molecule has 0 spiro atoms. The predicted molar refractivity (Wildman–Crippen MR) is 46.5 cm³/mol. The van der Waals surface area contributed by atoms with E-state index in [1.165, 1.54) is 0 Å². The van der Waals surface area contributed by atoms with Crippen LogP contribution in [-0.2, 0) is 0 Å². The minimum Gasteiger partial charge on any atom is -0.322 e. The van der Waals surface area contributed by atoms with Crippen molar-refractivity contribution in [2.75, 3.05) is 0 Å². The summed E-state index contributed by atoms with van der Waals surface area (Å²) in [5, 5.41) is 0. The van der Waals surface area contributed by atoms with Crippen molar-refractivity contribution in [1.82, 2.24) is 0 Å². The highest BCUT2D eigenvalue weighted by molar-refractivity contribution is 5.85. The van der Waals surface area contributed by atoms with Gasteiger partial charge in [0.05, 0.1) is 6.04 Å². The molecular weight excluding hydrogens is 324 g/mol. The molecule has 0 aromatic rings. The second-order valence-corrected chi connectivity index (χ2v) is 3.46. The Bertz CT molecular complexity index is 283. The van der Waals surface area contributed by atoms with Crippen molar-refractivity contribution in [1.29, 1.82) is 0 Å². The molecule has 0 rings (SSSR count). The number of rotatable bonds is 4. The predicted octanol–water partition coefficient (Wildman–Crippen LogP) is 3.91.